The number of aryl methyl sites for hydroxylation is 1. The number of nitrogens with zero attached hydrogens (tertiary/aromatic N) is 3. The Morgan fingerprint density at radius 3 is 2.84 bits per heavy atom. The lowest BCUT2D eigenvalue weighted by molar-refractivity contribution is 0.00602. The first-order valence-corrected chi connectivity index (χ1v) is 9.06. The Morgan fingerprint density at radius 1 is 1.40 bits per heavy atom. The number of carbonyl (C=O) groups excluding carboxylic acids is 1. The van der Waals surface area contributed by atoms with E-state index in [0.717, 1.165) is 50.3 Å². The van der Waals surface area contributed by atoms with Crippen molar-refractivity contribution >= 4 is 6.03 Å². The Balaban J connectivity index is 1.42. The summed E-state index contributed by atoms with van der Waals surface area (Å²) in [4.78, 5) is 20.1. The molecule has 0 N–H and O–H groups in total. The zero-order chi connectivity index (χ0) is 17.9. The van der Waals surface area contributed by atoms with E-state index in [1.165, 1.54) is 0 Å². The molecule has 0 aliphatic carbocycles. The van der Waals surface area contributed by atoms with Gasteiger partial charge in [0.1, 0.15) is 0 Å². The van der Waals surface area contributed by atoms with Crippen LogP contribution in [0.5, 0.6) is 0 Å². The predicted molar refractivity (Wildman–Crippen MR) is 95.3 cm³/mol. The molecule has 138 valence electrons. The van der Waals surface area contributed by atoms with Gasteiger partial charge in [-0.05, 0) is 43.7 Å². The highest BCUT2D eigenvalue weighted by molar-refractivity contribution is 5.73. The first-order valence-electron chi connectivity index (χ1n) is 9.06. The third kappa shape index (κ3) is 4.50. The van der Waals surface area contributed by atoms with Gasteiger partial charge in [0.05, 0.1) is 31.6 Å². The average Bonchev–Trinajstić information content (AvgIpc) is 2.98. The lowest BCUT2D eigenvalue weighted by Gasteiger charge is -2.39. The van der Waals surface area contributed by atoms with Gasteiger partial charge in [-0.3, -0.25) is 4.98 Å². The van der Waals surface area contributed by atoms with E-state index in [1.54, 1.807) is 4.90 Å². The zero-order valence-corrected chi connectivity index (χ0v) is 15.5. The molecule has 1 aromatic heterocycles. The third-order valence-electron chi connectivity index (χ3n) is 5.26. The second kappa shape index (κ2) is 7.70. The standard InChI is InChI=1S/C19H29N3O3/c1-15-5-4-6-16(20-15)12-24-13-17-11-19(14-25-17)7-9-22(10-8-19)18(23)21(2)3/h4-6,17H,7-14H2,1-3H3/t17-/m1/s1. The minimum Gasteiger partial charge on any atom is -0.375 e. The van der Waals surface area contributed by atoms with Gasteiger partial charge in [0, 0.05) is 32.9 Å². The number of pyridine rings is 1. The van der Waals surface area contributed by atoms with Crippen molar-refractivity contribution in [3.8, 4) is 0 Å². The number of ether oxygens (including phenoxy) is 2. The highest BCUT2D eigenvalue weighted by Gasteiger charge is 2.43. The molecule has 0 unspecified atom stereocenters. The van der Waals surface area contributed by atoms with Gasteiger partial charge in [-0.2, -0.15) is 0 Å². The molecule has 2 aliphatic rings. The molecule has 1 spiro atoms. The highest BCUT2D eigenvalue weighted by atomic mass is 16.5. The van der Waals surface area contributed by atoms with Crippen LogP contribution in [0, 0.1) is 12.3 Å². The molecule has 2 amide bonds. The van der Waals surface area contributed by atoms with Crippen molar-refractivity contribution in [1.82, 2.24) is 14.8 Å². The second-order valence-electron chi connectivity index (χ2n) is 7.59. The fourth-order valence-electron chi connectivity index (χ4n) is 3.78. The predicted octanol–water partition coefficient (Wildman–Crippen LogP) is 2.46. The molecule has 2 fully saturated rings. The molecule has 0 bridgehead atoms. The lowest BCUT2D eigenvalue weighted by atomic mass is 9.77. The molecule has 3 heterocycles. The number of likely N-dealkylation sites (tertiary alicyclic amines) is 1. The summed E-state index contributed by atoms with van der Waals surface area (Å²) in [5.41, 5.74) is 2.19. The minimum absolute atomic E-state index is 0.110. The van der Waals surface area contributed by atoms with E-state index in [-0.39, 0.29) is 17.6 Å². The molecule has 0 aromatic carbocycles. The smallest absolute Gasteiger partial charge is 0.319 e. The number of hydrogen-bond donors (Lipinski definition) is 0. The average molecular weight is 347 g/mol. The van der Waals surface area contributed by atoms with Crippen LogP contribution in [-0.4, -0.2) is 67.3 Å². The molecule has 3 rings (SSSR count). The first-order chi connectivity index (χ1) is 12.0. The molecule has 6 nitrogen and oxygen atoms in total. The summed E-state index contributed by atoms with van der Waals surface area (Å²) in [5.74, 6) is 0. The van der Waals surface area contributed by atoms with Crippen molar-refractivity contribution in [2.75, 3.05) is 40.4 Å². The van der Waals surface area contributed by atoms with Crippen LogP contribution in [0.2, 0.25) is 0 Å². The molecule has 2 aliphatic heterocycles. The second-order valence-corrected chi connectivity index (χ2v) is 7.59. The van der Waals surface area contributed by atoms with E-state index in [9.17, 15) is 4.79 Å². The van der Waals surface area contributed by atoms with E-state index in [4.69, 9.17) is 9.47 Å². The Bertz CT molecular complexity index is 597. The largest absolute Gasteiger partial charge is 0.375 e. The van der Waals surface area contributed by atoms with Crippen LogP contribution < -0.4 is 0 Å². The molecule has 1 atom stereocenters. The maximum absolute atomic E-state index is 12.1. The molecule has 6 heteroatoms. The first kappa shape index (κ1) is 18.1. The van der Waals surface area contributed by atoms with Gasteiger partial charge in [-0.15, -0.1) is 0 Å². The van der Waals surface area contributed by atoms with E-state index in [1.807, 2.05) is 44.1 Å². The van der Waals surface area contributed by atoms with E-state index < -0.39 is 0 Å². The molecule has 1 aromatic rings. The Morgan fingerprint density at radius 2 is 2.16 bits per heavy atom. The van der Waals surface area contributed by atoms with Crippen LogP contribution in [0.1, 0.15) is 30.7 Å². The van der Waals surface area contributed by atoms with Crippen LogP contribution in [0.4, 0.5) is 4.79 Å². The van der Waals surface area contributed by atoms with Gasteiger partial charge in [0.25, 0.3) is 0 Å². The topological polar surface area (TPSA) is 54.9 Å². The number of urea groups is 1. The van der Waals surface area contributed by atoms with Crippen LogP contribution >= 0.6 is 0 Å². The maximum Gasteiger partial charge on any atom is 0.319 e. The number of piperidine rings is 1. The van der Waals surface area contributed by atoms with E-state index in [2.05, 4.69) is 4.98 Å². The van der Waals surface area contributed by atoms with Gasteiger partial charge in [0.2, 0.25) is 0 Å². The number of carbonyl (C=O) groups is 1. The SMILES string of the molecule is Cc1cccc(COC[C@H]2CC3(CCN(C(=O)N(C)C)CC3)CO2)n1. The molecule has 0 radical (unpaired) electrons. The number of rotatable bonds is 4. The van der Waals surface area contributed by atoms with E-state index >= 15 is 0 Å². The Labute approximate surface area is 150 Å². The summed E-state index contributed by atoms with van der Waals surface area (Å²) in [6.07, 6.45) is 3.21. The Kier molecular flexibility index (Phi) is 5.59. The maximum atomic E-state index is 12.1. The van der Waals surface area contributed by atoms with Gasteiger partial charge >= 0.3 is 6.03 Å². The van der Waals surface area contributed by atoms with Crippen molar-refractivity contribution < 1.29 is 14.3 Å². The molecule has 2 saturated heterocycles. The number of hydrogen-bond acceptors (Lipinski definition) is 4. The van der Waals surface area contributed by atoms with Gasteiger partial charge in [-0.1, -0.05) is 6.07 Å². The minimum atomic E-state index is 0.110. The fraction of sp³-hybridized carbons (Fsp3) is 0.684. The quantitative estimate of drug-likeness (QED) is 0.840. The number of amides is 2. The molecular weight excluding hydrogens is 318 g/mol. The van der Waals surface area contributed by atoms with Crippen molar-refractivity contribution in [3.05, 3.63) is 29.6 Å². The van der Waals surface area contributed by atoms with Crippen LogP contribution in [-0.2, 0) is 16.1 Å². The fourth-order valence-corrected chi connectivity index (χ4v) is 3.78. The van der Waals surface area contributed by atoms with Gasteiger partial charge in [-0.25, -0.2) is 4.79 Å². The summed E-state index contributed by atoms with van der Waals surface area (Å²) in [6.45, 7) is 5.55. The van der Waals surface area contributed by atoms with Gasteiger partial charge in [0.15, 0.2) is 0 Å². The molecule has 25 heavy (non-hydrogen) atoms. The number of aromatic nitrogens is 1. The van der Waals surface area contributed by atoms with Crippen molar-refractivity contribution in [3.63, 3.8) is 0 Å². The van der Waals surface area contributed by atoms with Crippen molar-refractivity contribution in [2.24, 2.45) is 5.41 Å². The van der Waals surface area contributed by atoms with Crippen LogP contribution in [0.15, 0.2) is 18.2 Å². The summed E-state index contributed by atoms with van der Waals surface area (Å²) in [6, 6.07) is 6.09. The summed E-state index contributed by atoms with van der Waals surface area (Å²) < 4.78 is 11.8. The van der Waals surface area contributed by atoms with Gasteiger partial charge < -0.3 is 19.3 Å². The van der Waals surface area contributed by atoms with E-state index in [0.29, 0.717) is 13.2 Å². The summed E-state index contributed by atoms with van der Waals surface area (Å²) in [5, 5.41) is 0. The zero-order valence-electron chi connectivity index (χ0n) is 15.5. The molecule has 0 saturated carbocycles. The van der Waals surface area contributed by atoms with Crippen LogP contribution in [0.3, 0.4) is 0 Å². The third-order valence-corrected chi connectivity index (χ3v) is 5.26. The van der Waals surface area contributed by atoms with Crippen molar-refractivity contribution in [1.29, 1.82) is 0 Å². The highest BCUT2D eigenvalue weighted by Crippen LogP contribution is 2.42. The summed E-state index contributed by atoms with van der Waals surface area (Å²) in [7, 11) is 3.61. The lowest BCUT2D eigenvalue weighted by Crippen LogP contribution is -2.47. The van der Waals surface area contributed by atoms with Crippen LogP contribution in [0.25, 0.3) is 0 Å². The summed E-state index contributed by atoms with van der Waals surface area (Å²) >= 11 is 0. The monoisotopic (exact) mass is 347 g/mol. The molecular formula is C19H29N3O3. The van der Waals surface area contributed by atoms with Crippen molar-refractivity contribution in [2.45, 2.75) is 38.9 Å². The Hall–Kier alpha value is -1.66. The normalized spacial score (nSPS) is 22.4.